The van der Waals surface area contributed by atoms with E-state index >= 15 is 0 Å². The lowest BCUT2D eigenvalue weighted by molar-refractivity contribution is -0.118. The van der Waals surface area contributed by atoms with Gasteiger partial charge in [0.1, 0.15) is 0 Å². The first-order chi connectivity index (χ1) is 6.63. The molecular weight excluding hydrogens is 212 g/mol. The maximum absolute atomic E-state index is 11.5. The molecule has 0 saturated heterocycles. The number of nitrogens with one attached hydrogen (secondary N) is 1. The predicted molar refractivity (Wildman–Crippen MR) is 65.1 cm³/mol. The van der Waals surface area contributed by atoms with Crippen LogP contribution in [0.25, 0.3) is 0 Å². The smallest absolute Gasteiger partial charge is 0.246 e. The molecule has 0 aromatic heterocycles. The van der Waals surface area contributed by atoms with E-state index in [1.807, 2.05) is 19.9 Å². The molecule has 0 aromatic carbocycles. The summed E-state index contributed by atoms with van der Waals surface area (Å²) in [7, 11) is 0. The first-order valence-electron chi connectivity index (χ1n) is 5.33. The SMILES string of the molecule is C/C=C(/C)C(=O)NC1CCC(N)CC1.Cl. The highest BCUT2D eigenvalue weighted by atomic mass is 35.5. The molecule has 0 radical (unpaired) electrons. The van der Waals surface area contributed by atoms with Crippen molar-refractivity contribution >= 4 is 18.3 Å². The standard InChI is InChI=1S/C11H20N2O.ClH/c1-3-8(2)11(14)13-10-6-4-9(12)5-7-10;/h3,9-10H,4-7,12H2,1-2H3,(H,13,14);1H/b8-3-;. The minimum atomic E-state index is 0. The van der Waals surface area contributed by atoms with Crippen molar-refractivity contribution in [2.45, 2.75) is 51.6 Å². The van der Waals surface area contributed by atoms with Gasteiger partial charge in [0, 0.05) is 17.7 Å². The van der Waals surface area contributed by atoms with Gasteiger partial charge in [0.25, 0.3) is 0 Å². The van der Waals surface area contributed by atoms with Gasteiger partial charge >= 0.3 is 0 Å². The normalized spacial score (nSPS) is 26.7. The average Bonchev–Trinajstić information content (AvgIpc) is 2.20. The highest BCUT2D eigenvalue weighted by Gasteiger charge is 2.19. The molecule has 88 valence electrons. The van der Waals surface area contributed by atoms with Crippen LogP contribution in [0.2, 0.25) is 0 Å². The van der Waals surface area contributed by atoms with Crippen LogP contribution in [0, 0.1) is 0 Å². The van der Waals surface area contributed by atoms with Crippen molar-refractivity contribution in [3.8, 4) is 0 Å². The highest BCUT2D eigenvalue weighted by molar-refractivity contribution is 5.92. The van der Waals surface area contributed by atoms with E-state index in [1.165, 1.54) is 0 Å². The maximum Gasteiger partial charge on any atom is 0.246 e. The summed E-state index contributed by atoms with van der Waals surface area (Å²) in [5, 5.41) is 3.03. The number of hydrogen-bond donors (Lipinski definition) is 2. The number of allylic oxidation sites excluding steroid dienone is 1. The molecule has 0 bridgehead atoms. The molecule has 15 heavy (non-hydrogen) atoms. The van der Waals surface area contributed by atoms with Crippen molar-refractivity contribution in [1.29, 1.82) is 0 Å². The van der Waals surface area contributed by atoms with Gasteiger partial charge < -0.3 is 11.1 Å². The van der Waals surface area contributed by atoms with E-state index in [0.29, 0.717) is 12.1 Å². The van der Waals surface area contributed by atoms with Gasteiger partial charge in [-0.25, -0.2) is 0 Å². The summed E-state index contributed by atoms with van der Waals surface area (Å²) in [5.74, 6) is 0.0629. The first-order valence-corrected chi connectivity index (χ1v) is 5.33. The molecule has 1 aliphatic carbocycles. The van der Waals surface area contributed by atoms with Crippen molar-refractivity contribution in [3.63, 3.8) is 0 Å². The Balaban J connectivity index is 0.00000196. The monoisotopic (exact) mass is 232 g/mol. The van der Waals surface area contributed by atoms with Crippen LogP contribution in [0.1, 0.15) is 39.5 Å². The zero-order chi connectivity index (χ0) is 10.6. The zero-order valence-electron chi connectivity index (χ0n) is 9.45. The van der Waals surface area contributed by atoms with Crippen molar-refractivity contribution in [2.24, 2.45) is 5.73 Å². The molecule has 1 rings (SSSR count). The highest BCUT2D eigenvalue weighted by Crippen LogP contribution is 2.17. The topological polar surface area (TPSA) is 55.1 Å². The van der Waals surface area contributed by atoms with Crippen LogP contribution in [-0.2, 0) is 4.79 Å². The first kappa shape index (κ1) is 14.5. The molecule has 3 N–H and O–H groups in total. The van der Waals surface area contributed by atoms with Crippen LogP contribution in [0.3, 0.4) is 0 Å². The van der Waals surface area contributed by atoms with Crippen LogP contribution < -0.4 is 11.1 Å². The molecule has 0 heterocycles. The summed E-state index contributed by atoms with van der Waals surface area (Å²) in [6, 6.07) is 0.670. The van der Waals surface area contributed by atoms with E-state index < -0.39 is 0 Å². The van der Waals surface area contributed by atoms with Gasteiger partial charge in [0.2, 0.25) is 5.91 Å². The molecule has 1 saturated carbocycles. The Morgan fingerprint density at radius 2 is 1.87 bits per heavy atom. The number of nitrogens with two attached hydrogens (primary N) is 1. The molecule has 3 nitrogen and oxygen atoms in total. The fourth-order valence-corrected chi connectivity index (χ4v) is 1.69. The zero-order valence-corrected chi connectivity index (χ0v) is 10.3. The molecule has 0 aliphatic heterocycles. The quantitative estimate of drug-likeness (QED) is 0.713. The Hall–Kier alpha value is -0.540. The molecule has 0 unspecified atom stereocenters. The van der Waals surface area contributed by atoms with Crippen molar-refractivity contribution < 1.29 is 4.79 Å². The summed E-state index contributed by atoms with van der Waals surface area (Å²) in [6.07, 6.45) is 5.93. The Labute approximate surface area is 97.9 Å². The van der Waals surface area contributed by atoms with Crippen LogP contribution in [-0.4, -0.2) is 18.0 Å². The average molecular weight is 233 g/mol. The number of hydrogen-bond acceptors (Lipinski definition) is 2. The second kappa shape index (κ2) is 6.85. The molecule has 4 heteroatoms. The summed E-state index contributed by atoms with van der Waals surface area (Å²) in [6.45, 7) is 3.72. The molecule has 1 amide bonds. The van der Waals surface area contributed by atoms with Crippen molar-refractivity contribution in [1.82, 2.24) is 5.32 Å². The molecule has 0 aromatic rings. The summed E-state index contributed by atoms with van der Waals surface area (Å²) in [4.78, 5) is 11.5. The third-order valence-corrected chi connectivity index (χ3v) is 2.90. The van der Waals surface area contributed by atoms with Crippen LogP contribution >= 0.6 is 12.4 Å². The van der Waals surface area contributed by atoms with Gasteiger partial charge in [-0.3, -0.25) is 4.79 Å². The van der Waals surface area contributed by atoms with Gasteiger partial charge in [-0.15, -0.1) is 12.4 Å². The molecular formula is C11H21ClN2O. The maximum atomic E-state index is 11.5. The van der Waals surface area contributed by atoms with Crippen LogP contribution in [0.15, 0.2) is 11.6 Å². The molecule has 1 fully saturated rings. The third-order valence-electron chi connectivity index (χ3n) is 2.90. The lowest BCUT2D eigenvalue weighted by Gasteiger charge is -2.26. The van der Waals surface area contributed by atoms with Gasteiger partial charge in [-0.1, -0.05) is 6.08 Å². The van der Waals surface area contributed by atoms with Gasteiger partial charge in [-0.2, -0.15) is 0 Å². The molecule has 0 atom stereocenters. The fourth-order valence-electron chi connectivity index (χ4n) is 1.69. The number of rotatable bonds is 2. The van der Waals surface area contributed by atoms with Crippen molar-refractivity contribution in [3.05, 3.63) is 11.6 Å². The predicted octanol–water partition coefficient (Wildman–Crippen LogP) is 1.76. The Bertz CT molecular complexity index is 233. The van der Waals surface area contributed by atoms with Crippen LogP contribution in [0.5, 0.6) is 0 Å². The van der Waals surface area contributed by atoms with E-state index in [4.69, 9.17) is 5.73 Å². The van der Waals surface area contributed by atoms with Gasteiger partial charge in [0.05, 0.1) is 0 Å². The van der Waals surface area contributed by atoms with Gasteiger partial charge in [-0.05, 0) is 39.5 Å². The summed E-state index contributed by atoms with van der Waals surface area (Å²) in [5.41, 5.74) is 6.58. The lowest BCUT2D eigenvalue weighted by Crippen LogP contribution is -2.40. The molecule has 0 spiro atoms. The summed E-state index contributed by atoms with van der Waals surface area (Å²) >= 11 is 0. The lowest BCUT2D eigenvalue weighted by atomic mass is 9.91. The fraction of sp³-hybridized carbons (Fsp3) is 0.727. The van der Waals surface area contributed by atoms with Crippen LogP contribution in [0.4, 0.5) is 0 Å². The van der Waals surface area contributed by atoms with E-state index in [-0.39, 0.29) is 18.3 Å². The minimum Gasteiger partial charge on any atom is -0.350 e. The van der Waals surface area contributed by atoms with E-state index in [0.717, 1.165) is 31.3 Å². The number of amides is 1. The minimum absolute atomic E-state index is 0. The number of carbonyl (C=O) groups is 1. The van der Waals surface area contributed by atoms with Crippen molar-refractivity contribution in [2.75, 3.05) is 0 Å². The second-order valence-electron chi connectivity index (χ2n) is 4.06. The summed E-state index contributed by atoms with van der Waals surface area (Å²) < 4.78 is 0. The van der Waals surface area contributed by atoms with E-state index in [1.54, 1.807) is 0 Å². The Morgan fingerprint density at radius 3 is 2.33 bits per heavy atom. The van der Waals surface area contributed by atoms with E-state index in [9.17, 15) is 4.79 Å². The third kappa shape index (κ3) is 4.67. The van der Waals surface area contributed by atoms with Gasteiger partial charge in [0.15, 0.2) is 0 Å². The van der Waals surface area contributed by atoms with E-state index in [2.05, 4.69) is 5.32 Å². The Kier molecular flexibility index (Phi) is 6.61. The molecule has 1 aliphatic rings. The number of carbonyl (C=O) groups excluding carboxylic acids is 1. The second-order valence-corrected chi connectivity index (χ2v) is 4.06. The number of halogens is 1. The Morgan fingerprint density at radius 1 is 1.33 bits per heavy atom. The largest absolute Gasteiger partial charge is 0.350 e.